The number of hydrogen-bond acceptors (Lipinski definition) is 1. The largest absolute Gasteiger partial charge is 0.501 e. The number of methoxy groups -OCH3 is 1. The lowest BCUT2D eigenvalue weighted by Gasteiger charge is -2.32. The van der Waals surface area contributed by atoms with Gasteiger partial charge in [0.05, 0.1) is 12.9 Å². The first-order valence-electron chi connectivity index (χ1n) is 6.15. The molecular formula is C14H22F2O. The van der Waals surface area contributed by atoms with Crippen molar-refractivity contribution in [3.8, 4) is 0 Å². The standard InChI is InChI=1S/C14H22F2O/c1-5-12(13(15)16)9-14(11(3)17-4)7-6-10(2)8-14/h8,12-13H,3,5-7,9H2,1-2,4H3/t12-,14-/m1/s1. The van der Waals surface area contributed by atoms with Crippen LogP contribution >= 0.6 is 0 Å². The van der Waals surface area contributed by atoms with E-state index in [1.54, 1.807) is 7.11 Å². The van der Waals surface area contributed by atoms with Gasteiger partial charge in [-0.1, -0.05) is 25.2 Å². The van der Waals surface area contributed by atoms with Crippen LogP contribution in [-0.2, 0) is 4.74 Å². The Hall–Kier alpha value is -0.860. The molecule has 0 spiro atoms. The van der Waals surface area contributed by atoms with Crippen LogP contribution in [-0.4, -0.2) is 13.5 Å². The van der Waals surface area contributed by atoms with Gasteiger partial charge in [0.1, 0.15) is 0 Å². The summed E-state index contributed by atoms with van der Waals surface area (Å²) < 4.78 is 31.0. The molecular weight excluding hydrogens is 222 g/mol. The smallest absolute Gasteiger partial charge is 0.241 e. The first-order valence-corrected chi connectivity index (χ1v) is 6.15. The minimum atomic E-state index is -2.27. The molecule has 0 aliphatic heterocycles. The molecule has 0 heterocycles. The van der Waals surface area contributed by atoms with Crippen molar-refractivity contribution in [1.82, 2.24) is 0 Å². The second-order valence-electron chi connectivity index (χ2n) is 4.98. The van der Waals surface area contributed by atoms with Gasteiger partial charge in [-0.05, 0) is 32.6 Å². The number of alkyl halides is 2. The third kappa shape index (κ3) is 3.08. The summed E-state index contributed by atoms with van der Waals surface area (Å²) in [5.41, 5.74) is 0.864. The van der Waals surface area contributed by atoms with Crippen LogP contribution in [0.4, 0.5) is 8.78 Å². The number of hydrogen-bond donors (Lipinski definition) is 0. The fraction of sp³-hybridized carbons (Fsp3) is 0.714. The molecule has 17 heavy (non-hydrogen) atoms. The second kappa shape index (κ2) is 5.65. The van der Waals surface area contributed by atoms with E-state index in [-0.39, 0.29) is 5.41 Å². The first kappa shape index (κ1) is 14.2. The Kier molecular flexibility index (Phi) is 4.72. The van der Waals surface area contributed by atoms with Gasteiger partial charge in [-0.2, -0.15) is 0 Å². The molecule has 1 aliphatic carbocycles. The molecule has 0 saturated carbocycles. The van der Waals surface area contributed by atoms with Crippen molar-refractivity contribution in [1.29, 1.82) is 0 Å². The monoisotopic (exact) mass is 244 g/mol. The van der Waals surface area contributed by atoms with E-state index < -0.39 is 12.3 Å². The van der Waals surface area contributed by atoms with Crippen LogP contribution in [0.5, 0.6) is 0 Å². The quantitative estimate of drug-likeness (QED) is 0.492. The van der Waals surface area contributed by atoms with Gasteiger partial charge in [0, 0.05) is 11.3 Å². The summed E-state index contributed by atoms with van der Waals surface area (Å²) in [5, 5.41) is 0. The molecule has 0 saturated heterocycles. The molecule has 1 aliphatic rings. The minimum absolute atomic E-state index is 0.379. The molecule has 0 radical (unpaired) electrons. The van der Waals surface area contributed by atoms with E-state index in [4.69, 9.17) is 4.74 Å². The van der Waals surface area contributed by atoms with Gasteiger partial charge in [-0.15, -0.1) is 0 Å². The van der Waals surface area contributed by atoms with Gasteiger partial charge in [-0.25, -0.2) is 8.78 Å². The Labute approximate surface area is 103 Å². The molecule has 1 nitrogen and oxygen atoms in total. The minimum Gasteiger partial charge on any atom is -0.501 e. The Morgan fingerprint density at radius 3 is 2.59 bits per heavy atom. The van der Waals surface area contributed by atoms with Crippen molar-refractivity contribution < 1.29 is 13.5 Å². The lowest BCUT2D eigenvalue weighted by Crippen LogP contribution is -2.26. The maximum Gasteiger partial charge on any atom is 0.241 e. The maximum absolute atomic E-state index is 12.9. The number of allylic oxidation sites excluding steroid dienone is 2. The van der Waals surface area contributed by atoms with E-state index in [2.05, 4.69) is 12.7 Å². The molecule has 98 valence electrons. The zero-order valence-electron chi connectivity index (χ0n) is 10.9. The summed E-state index contributed by atoms with van der Waals surface area (Å²) in [6.07, 6.45) is 2.52. The average Bonchev–Trinajstić information content (AvgIpc) is 2.67. The van der Waals surface area contributed by atoms with E-state index in [9.17, 15) is 8.78 Å². The van der Waals surface area contributed by atoms with Crippen LogP contribution in [0, 0.1) is 11.3 Å². The van der Waals surface area contributed by atoms with Crippen LogP contribution in [0.2, 0.25) is 0 Å². The summed E-state index contributed by atoms with van der Waals surface area (Å²) in [5.74, 6) is 0.0394. The molecule has 0 N–H and O–H groups in total. The molecule has 0 fully saturated rings. The average molecular weight is 244 g/mol. The lowest BCUT2D eigenvalue weighted by atomic mass is 9.76. The molecule has 2 atom stereocenters. The van der Waals surface area contributed by atoms with Crippen molar-refractivity contribution >= 4 is 0 Å². The van der Waals surface area contributed by atoms with E-state index >= 15 is 0 Å². The lowest BCUT2D eigenvalue weighted by molar-refractivity contribution is 0.0462. The number of ether oxygens (including phenoxy) is 1. The molecule has 1 rings (SSSR count). The molecule has 0 amide bonds. The van der Waals surface area contributed by atoms with Crippen molar-refractivity contribution in [3.05, 3.63) is 24.0 Å². The number of rotatable bonds is 6. The molecule has 0 aromatic heterocycles. The Balaban J connectivity index is 2.89. The molecule has 0 unspecified atom stereocenters. The molecule has 0 aromatic carbocycles. The highest BCUT2D eigenvalue weighted by atomic mass is 19.3. The summed E-state index contributed by atoms with van der Waals surface area (Å²) in [6, 6.07) is 0. The highest BCUT2D eigenvalue weighted by molar-refractivity contribution is 5.24. The van der Waals surface area contributed by atoms with Crippen LogP contribution in [0.1, 0.15) is 39.5 Å². The summed E-state index contributed by atoms with van der Waals surface area (Å²) in [6.45, 7) is 7.74. The topological polar surface area (TPSA) is 9.23 Å². The number of halogens is 2. The highest BCUT2D eigenvalue weighted by Gasteiger charge is 2.39. The predicted molar refractivity (Wildman–Crippen MR) is 66.0 cm³/mol. The zero-order valence-corrected chi connectivity index (χ0v) is 10.9. The third-order valence-electron chi connectivity index (χ3n) is 3.80. The van der Waals surface area contributed by atoms with E-state index in [0.29, 0.717) is 18.6 Å². The van der Waals surface area contributed by atoms with Gasteiger partial charge in [0.15, 0.2) is 0 Å². The van der Waals surface area contributed by atoms with Crippen molar-refractivity contribution in [2.45, 2.75) is 46.0 Å². The van der Waals surface area contributed by atoms with Crippen molar-refractivity contribution in [2.24, 2.45) is 11.3 Å². The Morgan fingerprint density at radius 1 is 1.59 bits per heavy atom. The van der Waals surface area contributed by atoms with Gasteiger partial charge in [0.25, 0.3) is 0 Å². The highest BCUT2D eigenvalue weighted by Crippen LogP contribution is 2.47. The predicted octanol–water partition coefficient (Wildman–Crippen LogP) is 4.55. The zero-order chi connectivity index (χ0) is 13.1. The fourth-order valence-electron chi connectivity index (χ4n) is 2.61. The van der Waals surface area contributed by atoms with Crippen LogP contribution < -0.4 is 0 Å². The summed E-state index contributed by atoms with van der Waals surface area (Å²) in [7, 11) is 1.56. The van der Waals surface area contributed by atoms with E-state index in [1.165, 1.54) is 5.57 Å². The van der Waals surface area contributed by atoms with Crippen LogP contribution in [0.15, 0.2) is 24.0 Å². The SMILES string of the molecule is C=C(OC)[C@@]1(C[C@@H](CC)C(F)F)C=C(C)CC1. The summed E-state index contributed by atoms with van der Waals surface area (Å²) >= 11 is 0. The second-order valence-corrected chi connectivity index (χ2v) is 4.98. The Bertz CT molecular complexity index is 309. The molecule has 3 heteroatoms. The van der Waals surface area contributed by atoms with E-state index in [1.807, 2.05) is 13.8 Å². The Morgan fingerprint density at radius 2 is 2.24 bits per heavy atom. The van der Waals surface area contributed by atoms with Crippen LogP contribution in [0.3, 0.4) is 0 Å². The molecule has 0 aromatic rings. The normalized spacial score (nSPS) is 25.9. The molecule has 0 bridgehead atoms. The van der Waals surface area contributed by atoms with Crippen LogP contribution in [0.25, 0.3) is 0 Å². The van der Waals surface area contributed by atoms with E-state index in [0.717, 1.165) is 12.8 Å². The third-order valence-corrected chi connectivity index (χ3v) is 3.80. The van der Waals surface area contributed by atoms with Gasteiger partial charge >= 0.3 is 0 Å². The summed E-state index contributed by atoms with van der Waals surface area (Å²) in [4.78, 5) is 0. The van der Waals surface area contributed by atoms with Gasteiger partial charge in [-0.3, -0.25) is 0 Å². The first-order chi connectivity index (χ1) is 7.95. The maximum atomic E-state index is 12.9. The van der Waals surface area contributed by atoms with Gasteiger partial charge < -0.3 is 4.74 Å². The van der Waals surface area contributed by atoms with Crippen molar-refractivity contribution in [3.63, 3.8) is 0 Å². The van der Waals surface area contributed by atoms with Gasteiger partial charge in [0.2, 0.25) is 6.43 Å². The van der Waals surface area contributed by atoms with Crippen molar-refractivity contribution in [2.75, 3.05) is 7.11 Å². The fourth-order valence-corrected chi connectivity index (χ4v) is 2.61.